The quantitative estimate of drug-likeness (QED) is 0.422. The van der Waals surface area contributed by atoms with Gasteiger partial charge in [-0.1, -0.05) is 35.9 Å². The molecule has 3 aromatic carbocycles. The molecule has 0 aliphatic rings. The maximum Gasteiger partial charge on any atom is 0.339 e. The van der Waals surface area contributed by atoms with E-state index < -0.39 is 10.1 Å². The fourth-order valence-electron chi connectivity index (χ4n) is 2.43. The van der Waals surface area contributed by atoms with E-state index in [1.807, 2.05) is 38.1 Å². The summed E-state index contributed by atoms with van der Waals surface area (Å²) < 4.78 is 30.0. The Hall–Kier alpha value is -2.63. The highest BCUT2D eigenvalue weighted by Gasteiger charge is 2.16. The summed E-state index contributed by atoms with van der Waals surface area (Å²) in [5.41, 5.74) is 3.79. The maximum absolute atomic E-state index is 12.4. The number of aliphatic imine (C=N–C) groups is 1. The highest BCUT2D eigenvalue weighted by atomic mass is 35.5. The van der Waals surface area contributed by atoms with Crippen LogP contribution in [0.2, 0.25) is 5.02 Å². The van der Waals surface area contributed by atoms with E-state index in [2.05, 4.69) is 4.99 Å². The van der Waals surface area contributed by atoms with Crippen LogP contribution in [0, 0.1) is 13.8 Å². The lowest BCUT2D eigenvalue weighted by molar-refractivity contribution is 0.486. The van der Waals surface area contributed by atoms with E-state index in [0.717, 1.165) is 22.4 Å². The van der Waals surface area contributed by atoms with Gasteiger partial charge in [0.05, 0.1) is 5.69 Å². The summed E-state index contributed by atoms with van der Waals surface area (Å²) in [5.74, 6) is 0.217. The van der Waals surface area contributed by atoms with Gasteiger partial charge in [0.1, 0.15) is 10.6 Å². The summed E-state index contributed by atoms with van der Waals surface area (Å²) in [6.07, 6.45) is 1.68. The molecular weight excluding hydrogens is 382 g/mol. The summed E-state index contributed by atoms with van der Waals surface area (Å²) in [6.45, 7) is 4.00. The van der Waals surface area contributed by atoms with Crippen molar-refractivity contribution in [2.45, 2.75) is 18.7 Å². The van der Waals surface area contributed by atoms with E-state index in [9.17, 15) is 8.42 Å². The van der Waals surface area contributed by atoms with Gasteiger partial charge in [0.25, 0.3) is 0 Å². The van der Waals surface area contributed by atoms with Crippen LogP contribution in [0.15, 0.2) is 76.6 Å². The molecule has 0 aliphatic carbocycles. The van der Waals surface area contributed by atoms with E-state index in [-0.39, 0.29) is 10.6 Å². The van der Waals surface area contributed by atoms with Crippen molar-refractivity contribution in [3.05, 3.63) is 88.4 Å². The standard InChI is InChI=1S/C21H18ClNO3S/c1-15-6-7-16(2)21(12-15)23-14-17-4-3-5-19(13-17)26-27(24,25)20-10-8-18(22)9-11-20/h3-14H,1-2H3. The zero-order valence-corrected chi connectivity index (χ0v) is 16.5. The molecule has 0 heterocycles. The first-order valence-electron chi connectivity index (χ1n) is 8.25. The number of halogens is 1. The number of hydrogen-bond acceptors (Lipinski definition) is 4. The highest BCUT2D eigenvalue weighted by molar-refractivity contribution is 7.87. The molecule has 0 atom stereocenters. The average Bonchev–Trinajstić information content (AvgIpc) is 2.63. The van der Waals surface area contributed by atoms with Gasteiger partial charge in [-0.25, -0.2) is 0 Å². The van der Waals surface area contributed by atoms with Crippen LogP contribution in [-0.4, -0.2) is 14.6 Å². The minimum Gasteiger partial charge on any atom is -0.379 e. The van der Waals surface area contributed by atoms with Gasteiger partial charge >= 0.3 is 10.1 Å². The fourth-order valence-corrected chi connectivity index (χ4v) is 3.47. The SMILES string of the molecule is Cc1ccc(C)c(N=Cc2cccc(OS(=O)(=O)c3ccc(Cl)cc3)c2)c1. The molecule has 0 N–H and O–H groups in total. The molecule has 0 spiro atoms. The lowest BCUT2D eigenvalue weighted by atomic mass is 10.1. The van der Waals surface area contributed by atoms with Crippen molar-refractivity contribution in [1.29, 1.82) is 0 Å². The summed E-state index contributed by atoms with van der Waals surface area (Å²) in [5, 5.41) is 0.457. The van der Waals surface area contributed by atoms with Crippen molar-refractivity contribution in [1.82, 2.24) is 0 Å². The number of rotatable bonds is 5. The number of nitrogens with zero attached hydrogens (tertiary/aromatic N) is 1. The van der Waals surface area contributed by atoms with Gasteiger partial charge < -0.3 is 4.18 Å². The second-order valence-electron chi connectivity index (χ2n) is 6.11. The first-order valence-corrected chi connectivity index (χ1v) is 10.0. The molecule has 0 aliphatic heterocycles. The molecule has 0 radical (unpaired) electrons. The van der Waals surface area contributed by atoms with Gasteiger partial charge in [-0.2, -0.15) is 8.42 Å². The van der Waals surface area contributed by atoms with Crippen molar-refractivity contribution >= 4 is 33.6 Å². The highest BCUT2D eigenvalue weighted by Crippen LogP contribution is 2.22. The third-order valence-corrected chi connectivity index (χ3v) is 5.40. The second kappa shape index (κ2) is 7.94. The van der Waals surface area contributed by atoms with Crippen molar-refractivity contribution < 1.29 is 12.6 Å². The molecule has 0 unspecified atom stereocenters. The van der Waals surface area contributed by atoms with Gasteiger partial charge in [-0.15, -0.1) is 0 Å². The van der Waals surface area contributed by atoms with Gasteiger partial charge in [0.2, 0.25) is 0 Å². The minimum absolute atomic E-state index is 0.0429. The largest absolute Gasteiger partial charge is 0.379 e. The summed E-state index contributed by atoms with van der Waals surface area (Å²) >= 11 is 5.80. The Balaban J connectivity index is 1.82. The molecule has 4 nitrogen and oxygen atoms in total. The summed E-state index contributed by atoms with van der Waals surface area (Å²) in [6, 6.07) is 18.6. The molecule has 0 fully saturated rings. The Morgan fingerprint density at radius 3 is 2.44 bits per heavy atom. The molecule has 3 rings (SSSR count). The predicted octanol–water partition coefficient (Wildman–Crippen LogP) is 5.48. The van der Waals surface area contributed by atoms with Crippen molar-refractivity contribution in [3.8, 4) is 5.75 Å². The Labute approximate surface area is 164 Å². The molecule has 6 heteroatoms. The third-order valence-electron chi connectivity index (χ3n) is 3.88. The van der Waals surface area contributed by atoms with Gasteiger partial charge in [0, 0.05) is 11.2 Å². The predicted molar refractivity (Wildman–Crippen MR) is 109 cm³/mol. The van der Waals surface area contributed by atoms with Gasteiger partial charge in [-0.3, -0.25) is 4.99 Å². The van der Waals surface area contributed by atoms with Crippen LogP contribution in [0.4, 0.5) is 5.69 Å². The van der Waals surface area contributed by atoms with Crippen LogP contribution in [0.5, 0.6) is 5.75 Å². The van der Waals surface area contributed by atoms with Crippen LogP contribution >= 0.6 is 11.6 Å². The number of benzene rings is 3. The average molecular weight is 400 g/mol. The maximum atomic E-state index is 12.4. The molecule has 0 aromatic heterocycles. The third kappa shape index (κ3) is 4.96. The van der Waals surface area contributed by atoms with E-state index in [0.29, 0.717) is 5.02 Å². The molecule has 138 valence electrons. The molecule has 3 aromatic rings. The van der Waals surface area contributed by atoms with E-state index in [1.165, 1.54) is 24.3 Å². The van der Waals surface area contributed by atoms with Crippen LogP contribution in [0.1, 0.15) is 16.7 Å². The van der Waals surface area contributed by atoms with Crippen LogP contribution in [0.3, 0.4) is 0 Å². The molecule has 0 amide bonds. The van der Waals surface area contributed by atoms with Crippen molar-refractivity contribution in [2.24, 2.45) is 4.99 Å². The first-order chi connectivity index (χ1) is 12.8. The van der Waals surface area contributed by atoms with Crippen LogP contribution in [-0.2, 0) is 10.1 Å². The summed E-state index contributed by atoms with van der Waals surface area (Å²) in [7, 11) is -3.93. The van der Waals surface area contributed by atoms with Crippen LogP contribution < -0.4 is 4.18 Å². The zero-order chi connectivity index (χ0) is 19.4. The Kier molecular flexibility index (Phi) is 5.63. The van der Waals surface area contributed by atoms with Crippen molar-refractivity contribution in [2.75, 3.05) is 0 Å². The second-order valence-corrected chi connectivity index (χ2v) is 8.09. The zero-order valence-electron chi connectivity index (χ0n) is 14.9. The molecule has 27 heavy (non-hydrogen) atoms. The Bertz CT molecular complexity index is 1090. The fraction of sp³-hybridized carbons (Fsp3) is 0.0952. The van der Waals surface area contributed by atoms with E-state index in [4.69, 9.17) is 15.8 Å². The van der Waals surface area contributed by atoms with Gasteiger partial charge in [-0.05, 0) is 73.0 Å². The van der Waals surface area contributed by atoms with Crippen LogP contribution in [0.25, 0.3) is 0 Å². The molecule has 0 saturated heterocycles. The lowest BCUT2D eigenvalue weighted by Crippen LogP contribution is -2.09. The normalized spacial score (nSPS) is 11.7. The first kappa shape index (κ1) is 19.1. The topological polar surface area (TPSA) is 55.7 Å². The monoisotopic (exact) mass is 399 g/mol. The minimum atomic E-state index is -3.93. The van der Waals surface area contributed by atoms with E-state index in [1.54, 1.807) is 24.4 Å². The summed E-state index contributed by atoms with van der Waals surface area (Å²) in [4.78, 5) is 4.54. The van der Waals surface area contributed by atoms with Gasteiger partial charge in [0.15, 0.2) is 0 Å². The Morgan fingerprint density at radius 2 is 1.70 bits per heavy atom. The molecule has 0 saturated carbocycles. The van der Waals surface area contributed by atoms with E-state index >= 15 is 0 Å². The number of hydrogen-bond donors (Lipinski definition) is 0. The smallest absolute Gasteiger partial charge is 0.339 e. The Morgan fingerprint density at radius 1 is 0.963 bits per heavy atom. The molecular formula is C21H18ClNO3S. The van der Waals surface area contributed by atoms with Crippen molar-refractivity contribution in [3.63, 3.8) is 0 Å². The molecule has 0 bridgehead atoms. The number of aryl methyl sites for hydroxylation is 2. The lowest BCUT2D eigenvalue weighted by Gasteiger charge is -2.07.